The van der Waals surface area contributed by atoms with Gasteiger partial charge in [0, 0.05) is 34.2 Å². The monoisotopic (exact) mass is 249 g/mol. The maximum atomic E-state index is 12.2. The Bertz CT molecular complexity index is 491. The maximum Gasteiger partial charge on any atom is 0.229 e. The summed E-state index contributed by atoms with van der Waals surface area (Å²) in [5, 5.41) is 0.819. The number of rotatable bonds is 1. The summed E-state index contributed by atoms with van der Waals surface area (Å²) in [5.41, 5.74) is 2.42. The predicted octanol–water partition coefficient (Wildman–Crippen LogP) is 3.37. The van der Waals surface area contributed by atoms with Crippen LogP contribution in [0, 0.1) is 5.92 Å². The number of hydrogen-bond donors (Lipinski definition) is 0. The summed E-state index contributed by atoms with van der Waals surface area (Å²) in [7, 11) is 0. The molecule has 0 aromatic heterocycles. The van der Waals surface area contributed by atoms with E-state index in [1.54, 1.807) is 0 Å². The third-order valence-electron chi connectivity index (χ3n) is 3.89. The Kier molecular flexibility index (Phi) is 2.27. The molecule has 0 radical (unpaired) electrons. The molecule has 1 amide bonds. The van der Waals surface area contributed by atoms with E-state index in [0.29, 0.717) is 0 Å². The van der Waals surface area contributed by atoms with Gasteiger partial charge in [-0.05, 0) is 25.0 Å². The Balaban J connectivity index is 2.09. The molecule has 1 spiro atoms. The molecule has 1 aromatic carbocycles. The smallest absolute Gasteiger partial charge is 0.229 e. The molecule has 1 heterocycles. The molecule has 1 aliphatic heterocycles. The first-order valence-electron chi connectivity index (χ1n) is 6.15. The number of carbonyl (C=O) groups excluding carboxylic acids is 1. The summed E-state index contributed by atoms with van der Waals surface area (Å²) < 4.78 is 0. The summed E-state index contributed by atoms with van der Waals surface area (Å²) in [6.45, 7) is 4.72. The van der Waals surface area contributed by atoms with Gasteiger partial charge in [0.1, 0.15) is 0 Å². The second kappa shape index (κ2) is 3.49. The normalized spacial score (nSPS) is 19.9. The number of anilines is 1. The minimum atomic E-state index is 0.0377. The first-order valence-corrected chi connectivity index (χ1v) is 6.53. The van der Waals surface area contributed by atoms with Crippen LogP contribution in [0.3, 0.4) is 0 Å². The highest BCUT2D eigenvalue weighted by Crippen LogP contribution is 2.58. The minimum absolute atomic E-state index is 0.0377. The highest BCUT2D eigenvalue weighted by atomic mass is 35.5. The number of carbonyl (C=O) groups is 1. The summed E-state index contributed by atoms with van der Waals surface area (Å²) in [6.07, 6.45) is 2.32. The Hall–Kier alpha value is -1.02. The lowest BCUT2D eigenvalue weighted by Gasteiger charge is -2.20. The lowest BCUT2D eigenvalue weighted by Crippen LogP contribution is -2.34. The molecule has 1 saturated carbocycles. The van der Waals surface area contributed by atoms with E-state index in [-0.39, 0.29) is 17.2 Å². The molecule has 0 N–H and O–H groups in total. The average molecular weight is 250 g/mol. The Labute approximate surface area is 107 Å². The van der Waals surface area contributed by atoms with E-state index in [0.717, 1.165) is 30.1 Å². The summed E-state index contributed by atoms with van der Waals surface area (Å²) in [5.74, 6) is 0.244. The zero-order chi connectivity index (χ0) is 12.2. The highest BCUT2D eigenvalue weighted by Gasteiger charge is 2.54. The van der Waals surface area contributed by atoms with Crippen molar-refractivity contribution < 1.29 is 4.79 Å². The average Bonchev–Trinajstić information content (AvgIpc) is 2.96. The van der Waals surface area contributed by atoms with E-state index >= 15 is 0 Å². The van der Waals surface area contributed by atoms with Crippen molar-refractivity contribution in [1.82, 2.24) is 0 Å². The van der Waals surface area contributed by atoms with E-state index in [1.807, 2.05) is 36.9 Å². The summed E-state index contributed by atoms with van der Waals surface area (Å²) in [4.78, 5) is 14.1. The van der Waals surface area contributed by atoms with Crippen molar-refractivity contribution in [1.29, 1.82) is 0 Å². The minimum Gasteiger partial charge on any atom is -0.311 e. The van der Waals surface area contributed by atoms with Gasteiger partial charge >= 0.3 is 0 Å². The lowest BCUT2D eigenvalue weighted by molar-refractivity contribution is -0.121. The molecule has 2 aliphatic rings. The predicted molar refractivity (Wildman–Crippen MR) is 69.6 cm³/mol. The fourth-order valence-electron chi connectivity index (χ4n) is 2.80. The molecule has 3 rings (SSSR count). The molecule has 0 atom stereocenters. The van der Waals surface area contributed by atoms with Crippen LogP contribution >= 0.6 is 11.6 Å². The molecule has 0 bridgehead atoms. The number of fused-ring (bicyclic) bond motifs is 2. The molecule has 1 aromatic rings. The summed E-state index contributed by atoms with van der Waals surface area (Å²) in [6, 6.07) is 5.89. The second-order valence-electron chi connectivity index (χ2n) is 5.49. The first-order chi connectivity index (χ1) is 8.05. The van der Waals surface area contributed by atoms with Crippen LogP contribution in [0.1, 0.15) is 32.3 Å². The van der Waals surface area contributed by atoms with Crippen LogP contribution in [0.2, 0.25) is 5.02 Å². The highest BCUT2D eigenvalue weighted by molar-refractivity contribution is 6.32. The molecule has 0 saturated heterocycles. The zero-order valence-corrected chi connectivity index (χ0v) is 10.9. The first kappa shape index (κ1) is 11.1. The number of halogens is 1. The zero-order valence-electron chi connectivity index (χ0n) is 10.2. The molecule has 1 fully saturated rings. The van der Waals surface area contributed by atoms with Crippen LogP contribution in [0.15, 0.2) is 18.2 Å². The van der Waals surface area contributed by atoms with Crippen molar-refractivity contribution >= 4 is 23.2 Å². The standard InChI is InChI=1S/C14H16ClNO/c1-9(2)13(17)16-8-14(6-7-14)12-10(15)4-3-5-11(12)16/h3-5,9H,6-8H2,1-2H3. The Morgan fingerprint density at radius 2 is 2.12 bits per heavy atom. The third kappa shape index (κ3) is 1.50. The Morgan fingerprint density at radius 3 is 2.71 bits per heavy atom. The van der Waals surface area contributed by atoms with Crippen LogP contribution in [0.4, 0.5) is 5.69 Å². The van der Waals surface area contributed by atoms with Gasteiger partial charge in [-0.3, -0.25) is 4.79 Å². The van der Waals surface area contributed by atoms with Crippen molar-refractivity contribution in [3.05, 3.63) is 28.8 Å². The van der Waals surface area contributed by atoms with E-state index < -0.39 is 0 Å². The molecule has 1 aliphatic carbocycles. The van der Waals surface area contributed by atoms with Gasteiger partial charge in [0.25, 0.3) is 0 Å². The number of nitrogens with zero attached hydrogens (tertiary/aromatic N) is 1. The van der Waals surface area contributed by atoms with Crippen LogP contribution in [0.25, 0.3) is 0 Å². The molecular weight excluding hydrogens is 234 g/mol. The van der Waals surface area contributed by atoms with E-state index in [1.165, 1.54) is 5.56 Å². The van der Waals surface area contributed by atoms with Crippen LogP contribution in [0.5, 0.6) is 0 Å². The van der Waals surface area contributed by atoms with E-state index in [9.17, 15) is 4.79 Å². The van der Waals surface area contributed by atoms with Crippen molar-refractivity contribution in [2.75, 3.05) is 11.4 Å². The van der Waals surface area contributed by atoms with Crippen LogP contribution in [-0.2, 0) is 10.2 Å². The fourth-order valence-corrected chi connectivity index (χ4v) is 3.17. The number of benzene rings is 1. The Morgan fingerprint density at radius 1 is 1.41 bits per heavy atom. The van der Waals surface area contributed by atoms with Crippen LogP contribution < -0.4 is 4.90 Å². The van der Waals surface area contributed by atoms with Gasteiger partial charge in [0.15, 0.2) is 0 Å². The number of hydrogen-bond acceptors (Lipinski definition) is 1. The number of amides is 1. The van der Waals surface area contributed by atoms with Gasteiger partial charge < -0.3 is 4.90 Å². The maximum absolute atomic E-state index is 12.2. The van der Waals surface area contributed by atoms with Crippen LogP contribution in [-0.4, -0.2) is 12.5 Å². The molecule has 17 heavy (non-hydrogen) atoms. The summed E-state index contributed by atoms with van der Waals surface area (Å²) >= 11 is 6.31. The van der Waals surface area contributed by atoms with Gasteiger partial charge in [-0.2, -0.15) is 0 Å². The molecular formula is C14H16ClNO. The van der Waals surface area contributed by atoms with Gasteiger partial charge in [0.05, 0.1) is 0 Å². The molecule has 0 unspecified atom stereocenters. The van der Waals surface area contributed by atoms with Crippen molar-refractivity contribution in [3.63, 3.8) is 0 Å². The van der Waals surface area contributed by atoms with Crippen molar-refractivity contribution in [2.24, 2.45) is 5.92 Å². The second-order valence-corrected chi connectivity index (χ2v) is 5.90. The molecule has 2 nitrogen and oxygen atoms in total. The fraction of sp³-hybridized carbons (Fsp3) is 0.500. The topological polar surface area (TPSA) is 20.3 Å². The van der Waals surface area contributed by atoms with Gasteiger partial charge in [-0.15, -0.1) is 0 Å². The van der Waals surface area contributed by atoms with Crippen molar-refractivity contribution in [2.45, 2.75) is 32.1 Å². The van der Waals surface area contributed by atoms with Gasteiger partial charge in [-0.25, -0.2) is 0 Å². The van der Waals surface area contributed by atoms with Gasteiger partial charge in [-0.1, -0.05) is 31.5 Å². The largest absolute Gasteiger partial charge is 0.311 e. The van der Waals surface area contributed by atoms with Crippen molar-refractivity contribution in [3.8, 4) is 0 Å². The SMILES string of the molecule is CC(C)C(=O)N1CC2(CC2)c2c(Cl)cccc21. The quantitative estimate of drug-likeness (QED) is 0.747. The third-order valence-corrected chi connectivity index (χ3v) is 4.20. The van der Waals surface area contributed by atoms with E-state index in [2.05, 4.69) is 0 Å². The molecule has 90 valence electrons. The van der Waals surface area contributed by atoms with E-state index in [4.69, 9.17) is 11.6 Å². The van der Waals surface area contributed by atoms with Gasteiger partial charge in [0.2, 0.25) is 5.91 Å². The molecule has 3 heteroatoms. The lowest BCUT2D eigenvalue weighted by atomic mass is 9.99.